The van der Waals surface area contributed by atoms with Gasteiger partial charge in [-0.15, -0.1) is 0 Å². The Kier molecular flexibility index (Phi) is 7.77. The molecule has 13 rings (SSSR count). The van der Waals surface area contributed by atoms with Crippen molar-refractivity contribution in [2.45, 2.75) is 0 Å². The van der Waals surface area contributed by atoms with Crippen molar-refractivity contribution < 1.29 is 13.3 Å². The van der Waals surface area contributed by atoms with E-state index in [-0.39, 0.29) is 0 Å². The second kappa shape index (κ2) is 13.9. The van der Waals surface area contributed by atoms with Crippen molar-refractivity contribution in [3.63, 3.8) is 0 Å². The smallest absolute Gasteiger partial charge is 0.164 e. The average molecular weight is 809 g/mol. The van der Waals surface area contributed by atoms with Gasteiger partial charge in [0.25, 0.3) is 0 Å². The van der Waals surface area contributed by atoms with Gasteiger partial charge in [0.15, 0.2) is 17.5 Å². The summed E-state index contributed by atoms with van der Waals surface area (Å²) in [6.45, 7) is 0. The number of pyridine rings is 1. The number of furan rings is 3. The maximum atomic E-state index is 6.70. The first kappa shape index (κ1) is 35.1. The quantitative estimate of drug-likeness (QED) is 0.165. The Morgan fingerprint density at radius 2 is 0.810 bits per heavy atom. The fraction of sp³-hybridized carbons (Fsp3) is 0. The first-order valence-corrected chi connectivity index (χ1v) is 20.8. The molecule has 0 radical (unpaired) electrons. The van der Waals surface area contributed by atoms with Gasteiger partial charge in [-0.2, -0.15) is 0 Å². The van der Waals surface area contributed by atoms with Crippen LogP contribution in [0.25, 0.3) is 133 Å². The van der Waals surface area contributed by atoms with Crippen LogP contribution in [0.4, 0.5) is 0 Å². The molecule has 7 heteroatoms. The van der Waals surface area contributed by atoms with Crippen LogP contribution in [-0.2, 0) is 0 Å². The summed E-state index contributed by atoms with van der Waals surface area (Å²) in [4.78, 5) is 19.6. The predicted molar refractivity (Wildman–Crippen MR) is 252 cm³/mol. The largest absolute Gasteiger partial charge is 0.456 e. The van der Waals surface area contributed by atoms with E-state index in [2.05, 4.69) is 108 Å². The lowest BCUT2D eigenvalue weighted by Gasteiger charge is -2.11. The normalized spacial score (nSPS) is 11.8. The third kappa shape index (κ3) is 5.82. The van der Waals surface area contributed by atoms with Gasteiger partial charge in [0, 0.05) is 72.5 Å². The van der Waals surface area contributed by atoms with E-state index in [0.29, 0.717) is 17.5 Å². The van der Waals surface area contributed by atoms with Crippen molar-refractivity contribution in [2.75, 3.05) is 0 Å². The molecular weight excluding hydrogens is 777 g/mol. The average Bonchev–Trinajstić information content (AvgIpc) is 4.05. The highest BCUT2D eigenvalue weighted by molar-refractivity contribution is 6.17. The molecule has 5 heterocycles. The number of aromatic nitrogens is 4. The van der Waals surface area contributed by atoms with Crippen molar-refractivity contribution in [2.24, 2.45) is 0 Å². The summed E-state index contributed by atoms with van der Waals surface area (Å²) in [5, 5.41) is 6.45. The first-order chi connectivity index (χ1) is 31.2. The van der Waals surface area contributed by atoms with Gasteiger partial charge in [0.1, 0.15) is 33.5 Å². The zero-order valence-corrected chi connectivity index (χ0v) is 33.5. The number of para-hydroxylation sites is 3. The Balaban J connectivity index is 0.929. The Bertz CT molecular complexity index is 3920. The van der Waals surface area contributed by atoms with Gasteiger partial charge in [-0.1, -0.05) is 121 Å². The van der Waals surface area contributed by atoms with Crippen molar-refractivity contribution >= 4 is 65.8 Å². The van der Waals surface area contributed by atoms with Crippen molar-refractivity contribution in [1.29, 1.82) is 0 Å². The Labute approximate surface area is 359 Å². The number of benzene rings is 8. The predicted octanol–water partition coefficient (Wildman–Crippen LogP) is 15.0. The van der Waals surface area contributed by atoms with E-state index >= 15 is 0 Å². The Morgan fingerprint density at radius 3 is 1.49 bits per heavy atom. The Hall–Kier alpha value is -8.68. The standard InChI is InChI=1S/C56H32N4O3/c1-4-15-47-42(12-1)44-24-22-36(30-50(44)61-47)40-26-27-41(53-52(40)46-14-3-6-17-49(46)63-53)33-18-20-34(21-19-33)54-58-55(37-10-7-9-35(29-37)39-11-8-28-57-32-39)60-56(59-54)38-23-25-45-43-13-2-5-16-48(43)62-51(45)31-38/h1-32H. The maximum absolute atomic E-state index is 6.70. The highest BCUT2D eigenvalue weighted by Crippen LogP contribution is 2.43. The molecule has 0 saturated carbocycles. The van der Waals surface area contributed by atoms with Crippen molar-refractivity contribution in [3.8, 4) is 67.5 Å². The van der Waals surface area contributed by atoms with Crippen molar-refractivity contribution in [3.05, 3.63) is 194 Å². The van der Waals surface area contributed by atoms with E-state index in [1.807, 2.05) is 85.1 Å². The molecule has 0 aliphatic heterocycles. The van der Waals surface area contributed by atoms with Crippen LogP contribution in [0.3, 0.4) is 0 Å². The van der Waals surface area contributed by atoms with Gasteiger partial charge in [-0.3, -0.25) is 4.98 Å². The van der Waals surface area contributed by atoms with Crippen LogP contribution >= 0.6 is 0 Å². The molecule has 8 aromatic carbocycles. The van der Waals surface area contributed by atoms with Gasteiger partial charge >= 0.3 is 0 Å². The fourth-order valence-electron chi connectivity index (χ4n) is 8.99. The van der Waals surface area contributed by atoms with E-state index in [4.69, 9.17) is 28.2 Å². The number of hydrogen-bond donors (Lipinski definition) is 0. The van der Waals surface area contributed by atoms with E-state index in [1.54, 1.807) is 6.20 Å². The van der Waals surface area contributed by atoms with E-state index < -0.39 is 0 Å². The molecule has 5 aromatic heterocycles. The number of fused-ring (bicyclic) bond motifs is 9. The molecule has 0 atom stereocenters. The molecule has 0 aliphatic rings. The second-order valence-corrected chi connectivity index (χ2v) is 15.8. The molecule has 0 bridgehead atoms. The molecule has 0 unspecified atom stereocenters. The molecule has 0 amide bonds. The second-order valence-electron chi connectivity index (χ2n) is 15.8. The van der Waals surface area contributed by atoms with E-state index in [9.17, 15) is 0 Å². The molecule has 0 spiro atoms. The summed E-state index contributed by atoms with van der Waals surface area (Å²) < 4.78 is 19.3. The number of nitrogens with zero attached hydrogens (tertiary/aromatic N) is 4. The minimum absolute atomic E-state index is 0.550. The zero-order chi connectivity index (χ0) is 41.4. The van der Waals surface area contributed by atoms with E-state index in [0.717, 1.165) is 116 Å². The summed E-state index contributed by atoms with van der Waals surface area (Å²) in [6.07, 6.45) is 3.64. The molecule has 63 heavy (non-hydrogen) atoms. The van der Waals surface area contributed by atoms with Gasteiger partial charge < -0.3 is 13.3 Å². The number of hydrogen-bond acceptors (Lipinski definition) is 7. The van der Waals surface area contributed by atoms with Crippen molar-refractivity contribution in [1.82, 2.24) is 19.9 Å². The maximum Gasteiger partial charge on any atom is 0.164 e. The fourth-order valence-corrected chi connectivity index (χ4v) is 8.99. The van der Waals surface area contributed by atoms with Crippen LogP contribution in [0.5, 0.6) is 0 Å². The van der Waals surface area contributed by atoms with Gasteiger partial charge in [-0.05, 0) is 82.9 Å². The van der Waals surface area contributed by atoms with Crippen LogP contribution in [0.1, 0.15) is 0 Å². The summed E-state index contributed by atoms with van der Waals surface area (Å²) >= 11 is 0. The van der Waals surface area contributed by atoms with Gasteiger partial charge in [0.2, 0.25) is 0 Å². The molecule has 7 nitrogen and oxygen atoms in total. The minimum atomic E-state index is 0.550. The molecule has 0 fully saturated rings. The summed E-state index contributed by atoms with van der Waals surface area (Å²) in [6, 6.07) is 62.1. The highest BCUT2D eigenvalue weighted by Gasteiger charge is 2.20. The third-order valence-corrected chi connectivity index (χ3v) is 12.1. The van der Waals surface area contributed by atoms with Crippen LogP contribution < -0.4 is 0 Å². The summed E-state index contributed by atoms with van der Waals surface area (Å²) in [7, 11) is 0. The summed E-state index contributed by atoms with van der Waals surface area (Å²) in [5.41, 5.74) is 13.7. The Morgan fingerprint density at radius 1 is 0.302 bits per heavy atom. The monoisotopic (exact) mass is 808 g/mol. The lowest BCUT2D eigenvalue weighted by atomic mass is 9.94. The minimum Gasteiger partial charge on any atom is -0.456 e. The van der Waals surface area contributed by atoms with Crippen LogP contribution in [0.15, 0.2) is 208 Å². The molecular formula is C56H32N4O3. The lowest BCUT2D eigenvalue weighted by Crippen LogP contribution is -2.00. The first-order valence-electron chi connectivity index (χ1n) is 20.8. The van der Waals surface area contributed by atoms with Gasteiger partial charge in [0.05, 0.1) is 0 Å². The number of rotatable bonds is 6. The molecule has 0 aliphatic carbocycles. The topological polar surface area (TPSA) is 91.0 Å². The molecule has 13 aromatic rings. The highest BCUT2D eigenvalue weighted by atomic mass is 16.3. The molecule has 0 N–H and O–H groups in total. The lowest BCUT2D eigenvalue weighted by molar-refractivity contribution is 0.668. The third-order valence-electron chi connectivity index (χ3n) is 12.1. The van der Waals surface area contributed by atoms with Gasteiger partial charge in [-0.25, -0.2) is 15.0 Å². The molecule has 0 saturated heterocycles. The SMILES string of the molecule is c1cncc(-c2cccc(-c3nc(-c4ccc(-c5ccc(-c6ccc7c(c6)oc6ccccc67)c6c5oc5ccccc56)cc4)nc(-c4ccc5c(c4)oc4ccccc45)n3)c2)c1. The van der Waals surface area contributed by atoms with Crippen LogP contribution in [-0.4, -0.2) is 19.9 Å². The van der Waals surface area contributed by atoms with Crippen LogP contribution in [0, 0.1) is 0 Å². The van der Waals surface area contributed by atoms with Crippen LogP contribution in [0.2, 0.25) is 0 Å². The summed E-state index contributed by atoms with van der Waals surface area (Å²) in [5.74, 6) is 1.67. The zero-order valence-electron chi connectivity index (χ0n) is 33.5. The molecule has 294 valence electrons. The van der Waals surface area contributed by atoms with E-state index in [1.165, 1.54) is 0 Å².